The molecule has 0 saturated heterocycles. The molecule has 0 amide bonds. The first-order chi connectivity index (χ1) is 7.52. The first kappa shape index (κ1) is 12.4. The molecular weight excluding hydrogens is 215 g/mol. The molecule has 0 saturated carbocycles. The van der Waals surface area contributed by atoms with Gasteiger partial charge >= 0.3 is 5.97 Å². The monoisotopic (exact) mass is 228 g/mol. The van der Waals surface area contributed by atoms with Gasteiger partial charge in [-0.05, 0) is 24.1 Å². The molecule has 0 aliphatic rings. The number of ether oxygens (including phenoxy) is 1. The second-order valence-corrected chi connectivity index (χ2v) is 3.42. The number of aliphatic hydroxyl groups excluding tert-OH is 1. The van der Waals surface area contributed by atoms with Crippen molar-refractivity contribution >= 4 is 5.97 Å². The quantitative estimate of drug-likeness (QED) is 0.795. The summed E-state index contributed by atoms with van der Waals surface area (Å²) in [5.74, 6) is -1.49. The van der Waals surface area contributed by atoms with Crippen molar-refractivity contribution in [2.75, 3.05) is 7.11 Å². The van der Waals surface area contributed by atoms with Crippen LogP contribution in [0.3, 0.4) is 0 Å². The number of halogens is 1. The zero-order chi connectivity index (χ0) is 12.1. The molecule has 5 heteroatoms. The van der Waals surface area contributed by atoms with E-state index in [1.165, 1.54) is 19.2 Å². The van der Waals surface area contributed by atoms with Crippen LogP contribution in [0.1, 0.15) is 12.0 Å². The van der Waals surface area contributed by atoms with Crippen LogP contribution in [-0.2, 0) is 11.2 Å². The van der Waals surface area contributed by atoms with Crippen LogP contribution < -0.4 is 4.74 Å². The van der Waals surface area contributed by atoms with Gasteiger partial charge in [0.1, 0.15) is 0 Å². The van der Waals surface area contributed by atoms with Gasteiger partial charge in [0.2, 0.25) is 0 Å². The summed E-state index contributed by atoms with van der Waals surface area (Å²) < 4.78 is 18.0. The highest BCUT2D eigenvalue weighted by molar-refractivity contribution is 5.67. The molecule has 16 heavy (non-hydrogen) atoms. The maximum Gasteiger partial charge on any atom is 0.305 e. The summed E-state index contributed by atoms with van der Waals surface area (Å²) in [6.45, 7) is 0. The van der Waals surface area contributed by atoms with Gasteiger partial charge in [0, 0.05) is 0 Å². The molecule has 0 aromatic heterocycles. The Labute approximate surface area is 92.3 Å². The molecule has 0 radical (unpaired) electrons. The number of hydrogen-bond acceptors (Lipinski definition) is 3. The highest BCUT2D eigenvalue weighted by Crippen LogP contribution is 2.18. The average molecular weight is 228 g/mol. The Morgan fingerprint density at radius 3 is 2.75 bits per heavy atom. The summed E-state index contributed by atoms with van der Waals surface area (Å²) in [5.41, 5.74) is 0.534. The number of aliphatic carboxylic acids is 1. The number of rotatable bonds is 5. The minimum atomic E-state index is -1.08. The smallest absolute Gasteiger partial charge is 0.305 e. The van der Waals surface area contributed by atoms with Crippen molar-refractivity contribution in [1.29, 1.82) is 0 Å². The maximum absolute atomic E-state index is 13.2. The summed E-state index contributed by atoms with van der Waals surface area (Å²) in [7, 11) is 1.36. The molecule has 0 aliphatic heterocycles. The van der Waals surface area contributed by atoms with Gasteiger partial charge in [-0.2, -0.15) is 0 Å². The Balaban J connectivity index is 2.67. The first-order valence-corrected chi connectivity index (χ1v) is 4.75. The summed E-state index contributed by atoms with van der Waals surface area (Å²) in [6, 6.07) is 4.26. The minimum Gasteiger partial charge on any atom is -0.494 e. The van der Waals surface area contributed by atoms with E-state index < -0.39 is 17.9 Å². The van der Waals surface area contributed by atoms with Crippen molar-refractivity contribution in [2.45, 2.75) is 18.9 Å². The van der Waals surface area contributed by atoms with Crippen LogP contribution in [-0.4, -0.2) is 29.4 Å². The summed E-state index contributed by atoms with van der Waals surface area (Å²) >= 11 is 0. The first-order valence-electron chi connectivity index (χ1n) is 4.75. The van der Waals surface area contributed by atoms with Crippen LogP contribution in [0.25, 0.3) is 0 Å². The van der Waals surface area contributed by atoms with E-state index in [9.17, 15) is 14.3 Å². The van der Waals surface area contributed by atoms with Crippen LogP contribution in [0.2, 0.25) is 0 Å². The third-order valence-electron chi connectivity index (χ3n) is 2.10. The zero-order valence-corrected chi connectivity index (χ0v) is 8.81. The lowest BCUT2D eigenvalue weighted by molar-refractivity contribution is -0.139. The predicted octanol–water partition coefficient (Wildman–Crippen LogP) is 1.21. The molecule has 1 unspecified atom stereocenters. The SMILES string of the molecule is COc1ccc(CC(O)CC(=O)O)cc1F. The van der Waals surface area contributed by atoms with E-state index in [0.29, 0.717) is 5.56 Å². The van der Waals surface area contributed by atoms with Gasteiger partial charge in [0.25, 0.3) is 0 Å². The van der Waals surface area contributed by atoms with E-state index in [1.54, 1.807) is 6.07 Å². The number of methoxy groups -OCH3 is 1. The maximum atomic E-state index is 13.2. The van der Waals surface area contributed by atoms with Gasteiger partial charge < -0.3 is 14.9 Å². The molecule has 1 aromatic carbocycles. The Bertz CT molecular complexity index is 378. The molecule has 4 nitrogen and oxygen atoms in total. The number of benzene rings is 1. The van der Waals surface area contributed by atoms with E-state index in [4.69, 9.17) is 9.84 Å². The molecule has 88 valence electrons. The topological polar surface area (TPSA) is 66.8 Å². The Morgan fingerprint density at radius 1 is 1.56 bits per heavy atom. The average Bonchev–Trinajstić information content (AvgIpc) is 2.16. The normalized spacial score (nSPS) is 12.2. The van der Waals surface area contributed by atoms with Crippen molar-refractivity contribution in [3.63, 3.8) is 0 Å². The van der Waals surface area contributed by atoms with Crippen molar-refractivity contribution < 1.29 is 24.1 Å². The fourth-order valence-electron chi connectivity index (χ4n) is 1.38. The largest absolute Gasteiger partial charge is 0.494 e. The number of hydrogen-bond donors (Lipinski definition) is 2. The second kappa shape index (κ2) is 5.46. The highest BCUT2D eigenvalue weighted by Gasteiger charge is 2.11. The molecule has 0 fully saturated rings. The lowest BCUT2D eigenvalue weighted by Crippen LogP contribution is -2.15. The molecule has 1 atom stereocenters. The zero-order valence-electron chi connectivity index (χ0n) is 8.81. The van der Waals surface area contributed by atoms with E-state index in [1.807, 2.05) is 0 Å². The fourth-order valence-corrected chi connectivity index (χ4v) is 1.38. The molecule has 2 N–H and O–H groups in total. The molecule has 0 bridgehead atoms. The highest BCUT2D eigenvalue weighted by atomic mass is 19.1. The van der Waals surface area contributed by atoms with Gasteiger partial charge in [-0.1, -0.05) is 6.07 Å². The number of carboxylic acid groups (broad SMARTS) is 1. The molecule has 1 aromatic rings. The summed E-state index contributed by atoms with van der Waals surface area (Å²) in [5, 5.41) is 17.8. The van der Waals surface area contributed by atoms with Gasteiger partial charge in [0.15, 0.2) is 11.6 Å². The second-order valence-electron chi connectivity index (χ2n) is 3.42. The van der Waals surface area contributed by atoms with Crippen LogP contribution in [0, 0.1) is 5.82 Å². The van der Waals surface area contributed by atoms with Gasteiger partial charge in [0.05, 0.1) is 19.6 Å². The van der Waals surface area contributed by atoms with Gasteiger partial charge in [-0.15, -0.1) is 0 Å². The lowest BCUT2D eigenvalue weighted by atomic mass is 10.1. The van der Waals surface area contributed by atoms with Gasteiger partial charge in [-0.25, -0.2) is 4.39 Å². The standard InChI is InChI=1S/C11H13FO4/c1-16-10-3-2-7(5-9(10)12)4-8(13)6-11(14)15/h2-3,5,8,13H,4,6H2,1H3,(H,14,15). The number of carboxylic acids is 1. The molecule has 0 spiro atoms. The van der Waals surface area contributed by atoms with E-state index in [0.717, 1.165) is 0 Å². The molecular formula is C11H13FO4. The van der Waals surface area contributed by atoms with E-state index in [-0.39, 0.29) is 18.6 Å². The summed E-state index contributed by atoms with van der Waals surface area (Å²) in [4.78, 5) is 10.3. The van der Waals surface area contributed by atoms with Crippen LogP contribution in [0.4, 0.5) is 4.39 Å². The number of carbonyl (C=O) groups is 1. The molecule has 0 heterocycles. The van der Waals surface area contributed by atoms with Crippen LogP contribution >= 0.6 is 0 Å². The van der Waals surface area contributed by atoms with Crippen molar-refractivity contribution in [3.05, 3.63) is 29.6 Å². The van der Waals surface area contributed by atoms with E-state index in [2.05, 4.69) is 0 Å². The summed E-state index contributed by atoms with van der Waals surface area (Å²) in [6.07, 6.45) is -1.26. The Hall–Kier alpha value is -1.62. The van der Waals surface area contributed by atoms with Crippen molar-refractivity contribution in [1.82, 2.24) is 0 Å². The fraction of sp³-hybridized carbons (Fsp3) is 0.364. The van der Waals surface area contributed by atoms with Crippen molar-refractivity contribution in [2.24, 2.45) is 0 Å². The number of aliphatic hydroxyl groups is 1. The van der Waals surface area contributed by atoms with Gasteiger partial charge in [-0.3, -0.25) is 4.79 Å². The van der Waals surface area contributed by atoms with Crippen molar-refractivity contribution in [3.8, 4) is 5.75 Å². The van der Waals surface area contributed by atoms with Crippen LogP contribution in [0.5, 0.6) is 5.75 Å². The molecule has 0 aliphatic carbocycles. The lowest BCUT2D eigenvalue weighted by Gasteiger charge is -2.09. The Kier molecular flexibility index (Phi) is 4.25. The third kappa shape index (κ3) is 3.51. The minimum absolute atomic E-state index is 0.104. The van der Waals surface area contributed by atoms with Crippen LogP contribution in [0.15, 0.2) is 18.2 Å². The van der Waals surface area contributed by atoms with E-state index >= 15 is 0 Å². The molecule has 1 rings (SSSR count). The predicted molar refractivity (Wildman–Crippen MR) is 54.9 cm³/mol. The third-order valence-corrected chi connectivity index (χ3v) is 2.10. The Morgan fingerprint density at radius 2 is 2.25 bits per heavy atom.